The fourth-order valence-corrected chi connectivity index (χ4v) is 7.97. The van der Waals surface area contributed by atoms with Crippen LogP contribution in [0.5, 0.6) is 0 Å². The van der Waals surface area contributed by atoms with E-state index in [9.17, 15) is 0 Å². The van der Waals surface area contributed by atoms with Crippen LogP contribution >= 0.6 is 0 Å². The average Bonchev–Trinajstić information content (AvgIpc) is 3.81. The van der Waals surface area contributed by atoms with E-state index in [2.05, 4.69) is 176 Å². The van der Waals surface area contributed by atoms with Crippen LogP contribution in [0.2, 0.25) is 0 Å². The van der Waals surface area contributed by atoms with Gasteiger partial charge in [0.1, 0.15) is 9.52 Å². The number of hydrogen-bond donors (Lipinski definition) is 0. The van der Waals surface area contributed by atoms with Crippen LogP contribution in [0.3, 0.4) is 0 Å². The Hall–Kier alpha value is -4.24. The molecule has 0 amide bonds. The number of benzene rings is 6. The summed E-state index contributed by atoms with van der Waals surface area (Å²) in [6.07, 6.45) is 9.35. The molecule has 0 spiro atoms. The predicted molar refractivity (Wildman–Crippen MR) is 190 cm³/mol. The monoisotopic (exact) mass is 755 g/mol. The van der Waals surface area contributed by atoms with Crippen LogP contribution in [0.25, 0.3) is 33.7 Å². The number of allylic oxidation sites excluding steroid dienone is 2. The van der Waals surface area contributed by atoms with Crippen LogP contribution in [0.15, 0.2) is 164 Å². The molecule has 212 valence electrons. The second kappa shape index (κ2) is 13.0. The van der Waals surface area contributed by atoms with Crippen molar-refractivity contribution in [3.05, 3.63) is 197 Å². The van der Waals surface area contributed by atoms with E-state index < -0.39 is 0 Å². The van der Waals surface area contributed by atoms with Crippen LogP contribution in [0.4, 0.5) is 0 Å². The summed E-state index contributed by atoms with van der Waals surface area (Å²) in [6, 6.07) is 54.7. The molecule has 2 heteroatoms. The van der Waals surface area contributed by atoms with Gasteiger partial charge in [-0.05, 0) is 22.3 Å². The zero-order valence-electron chi connectivity index (χ0n) is 24.9. The number of rotatable bonds is 4. The maximum atomic E-state index is 2.41. The molecular weight excluding hydrogens is 723 g/mol. The Kier molecular flexibility index (Phi) is 8.52. The number of hydrogen-bond acceptors (Lipinski definition) is 0. The van der Waals surface area contributed by atoms with Crippen molar-refractivity contribution < 1.29 is 25.8 Å². The largest absolute Gasteiger partial charge is 0.126 e. The molecule has 2 aliphatic carbocycles. The Labute approximate surface area is 286 Å². The zero-order valence-corrected chi connectivity index (χ0v) is 29.5. The van der Waals surface area contributed by atoms with Gasteiger partial charge in [0.15, 0.2) is 0 Å². The van der Waals surface area contributed by atoms with Gasteiger partial charge >= 0.3 is 0 Å². The van der Waals surface area contributed by atoms with Crippen LogP contribution in [0.1, 0.15) is 45.2 Å². The van der Waals surface area contributed by atoms with Gasteiger partial charge in [-0.25, -0.2) is 0 Å². The normalized spacial score (nSPS) is 15.7. The van der Waals surface area contributed by atoms with Crippen LogP contribution in [-0.2, 0) is 25.8 Å². The van der Waals surface area contributed by atoms with E-state index in [0.717, 1.165) is 9.52 Å². The van der Waals surface area contributed by atoms with E-state index in [1.165, 1.54) is 65.3 Å². The minimum atomic E-state index is 0. The summed E-state index contributed by atoms with van der Waals surface area (Å²) in [5.74, 6) is 0.586. The molecule has 0 fully saturated rings. The Balaban J connectivity index is 0.000000196. The van der Waals surface area contributed by atoms with Gasteiger partial charge in [-0.1, -0.05) is 185 Å². The molecule has 45 heavy (non-hydrogen) atoms. The molecule has 2 unspecified atom stereocenters. The van der Waals surface area contributed by atoms with Gasteiger partial charge < -0.3 is 0 Å². The SMILES string of the molecule is C1=CC(c2ccc3c([cH-]c4ccccc43)c2C2C=Cc3ccccc32)c2ccccc21.[Hf].c1ccc([Si]c2ccccc2)cc1. The van der Waals surface area contributed by atoms with Gasteiger partial charge in [0.25, 0.3) is 0 Å². The van der Waals surface area contributed by atoms with Gasteiger partial charge in [-0.15, -0.1) is 33.7 Å². The Morgan fingerprint density at radius 1 is 0.444 bits per heavy atom. The molecule has 7 aromatic rings. The van der Waals surface area contributed by atoms with Gasteiger partial charge in [-0.2, -0.15) is 0 Å². The summed E-state index contributed by atoms with van der Waals surface area (Å²) in [5, 5.41) is 8.23. The Bertz CT molecular complexity index is 2120. The standard InChI is InChI=1S/C31H21.C12H10Si.Hf/c1-4-10-23-20(7-1)13-15-26(23)29-18-17-27-25-12-6-3-9-22(25)19-30(27)31(29)28-16-14-21-8-2-5-11-24(21)28;1-3-7-11(8-4-1)13-12-9-5-2-6-10-12;/h1-19,26,28H;1-10H;/q-1;;. The first-order valence-electron chi connectivity index (χ1n) is 15.4. The van der Waals surface area contributed by atoms with E-state index in [0.29, 0.717) is 5.92 Å². The third-order valence-electron chi connectivity index (χ3n) is 8.95. The third kappa shape index (κ3) is 5.70. The molecule has 0 saturated carbocycles. The van der Waals surface area contributed by atoms with Crippen molar-refractivity contribution in [1.29, 1.82) is 0 Å². The molecule has 0 nitrogen and oxygen atoms in total. The predicted octanol–water partition coefficient (Wildman–Crippen LogP) is 9.37. The average molecular weight is 754 g/mol. The Morgan fingerprint density at radius 3 is 1.64 bits per heavy atom. The summed E-state index contributed by atoms with van der Waals surface area (Å²) in [7, 11) is 0.777. The summed E-state index contributed by atoms with van der Waals surface area (Å²) < 4.78 is 0. The third-order valence-corrected chi connectivity index (χ3v) is 10.2. The van der Waals surface area contributed by atoms with E-state index in [-0.39, 0.29) is 31.8 Å². The van der Waals surface area contributed by atoms with Gasteiger partial charge in [0.05, 0.1) is 0 Å². The van der Waals surface area contributed by atoms with Crippen molar-refractivity contribution in [2.24, 2.45) is 0 Å². The van der Waals surface area contributed by atoms with Crippen molar-refractivity contribution in [3.63, 3.8) is 0 Å². The minimum Gasteiger partial charge on any atom is -0.126 e. The summed E-state index contributed by atoms with van der Waals surface area (Å²) >= 11 is 0. The molecular formula is C43H31HfSi-. The van der Waals surface area contributed by atoms with Gasteiger partial charge in [-0.3, -0.25) is 0 Å². The van der Waals surface area contributed by atoms with Gasteiger partial charge in [0.2, 0.25) is 0 Å². The first-order valence-corrected chi connectivity index (χ1v) is 16.4. The first kappa shape index (κ1) is 29.5. The first-order chi connectivity index (χ1) is 21.8. The van der Waals surface area contributed by atoms with Crippen molar-refractivity contribution in [1.82, 2.24) is 0 Å². The second-order valence-electron chi connectivity index (χ2n) is 11.5. The molecule has 2 radical (unpaired) electrons. The van der Waals surface area contributed by atoms with Crippen LogP contribution < -0.4 is 10.4 Å². The maximum Gasteiger partial charge on any atom is 0.121 e. The topological polar surface area (TPSA) is 0 Å². The van der Waals surface area contributed by atoms with Crippen molar-refractivity contribution in [2.45, 2.75) is 11.8 Å². The number of fused-ring (bicyclic) bond motifs is 5. The summed E-state index contributed by atoms with van der Waals surface area (Å²) in [6.45, 7) is 0. The van der Waals surface area contributed by atoms with Crippen molar-refractivity contribution in [3.8, 4) is 0 Å². The Morgan fingerprint density at radius 2 is 0.978 bits per heavy atom. The summed E-state index contributed by atoms with van der Waals surface area (Å²) in [5.41, 5.74) is 8.39. The minimum absolute atomic E-state index is 0. The molecule has 0 bridgehead atoms. The molecule has 7 aromatic carbocycles. The van der Waals surface area contributed by atoms with Crippen LogP contribution in [0, 0.1) is 0 Å². The van der Waals surface area contributed by atoms with Crippen LogP contribution in [-0.4, -0.2) is 9.52 Å². The van der Waals surface area contributed by atoms with E-state index in [1.807, 2.05) is 0 Å². The molecule has 0 aliphatic heterocycles. The van der Waals surface area contributed by atoms with E-state index >= 15 is 0 Å². The smallest absolute Gasteiger partial charge is 0.121 e. The molecule has 9 rings (SSSR count). The van der Waals surface area contributed by atoms with Crippen molar-refractivity contribution in [2.75, 3.05) is 0 Å². The fraction of sp³-hybridized carbons (Fsp3) is 0.0465. The maximum absolute atomic E-state index is 2.41. The molecule has 0 N–H and O–H groups in total. The van der Waals surface area contributed by atoms with E-state index in [1.54, 1.807) is 0 Å². The molecule has 2 atom stereocenters. The molecule has 0 aromatic heterocycles. The van der Waals surface area contributed by atoms with Gasteiger partial charge in [0, 0.05) is 37.7 Å². The molecule has 0 heterocycles. The molecule has 2 aliphatic rings. The quantitative estimate of drug-likeness (QED) is 0.124. The van der Waals surface area contributed by atoms with E-state index in [4.69, 9.17) is 0 Å². The zero-order chi connectivity index (χ0) is 29.3. The summed E-state index contributed by atoms with van der Waals surface area (Å²) in [4.78, 5) is 0. The van der Waals surface area contributed by atoms with Crippen molar-refractivity contribution >= 4 is 53.6 Å². The molecule has 0 saturated heterocycles. The fourth-order valence-electron chi connectivity index (χ4n) is 6.92. The second-order valence-corrected chi connectivity index (χ2v) is 13.0.